The van der Waals surface area contributed by atoms with Crippen molar-refractivity contribution in [3.05, 3.63) is 46.0 Å². The molecule has 0 spiro atoms. The summed E-state index contributed by atoms with van der Waals surface area (Å²) >= 11 is 6.26. The Bertz CT molecular complexity index is 691. The third-order valence-electron chi connectivity index (χ3n) is 3.12. The molecule has 2 rings (SSSR count). The van der Waals surface area contributed by atoms with Gasteiger partial charge in [-0.2, -0.15) is 10.4 Å². The molecule has 0 aliphatic carbocycles. The van der Waals surface area contributed by atoms with Gasteiger partial charge in [0.2, 0.25) is 0 Å². The Labute approximate surface area is 127 Å². The third-order valence-corrected chi connectivity index (χ3v) is 3.56. The molecule has 0 fully saturated rings. The summed E-state index contributed by atoms with van der Waals surface area (Å²) in [5.41, 5.74) is 1.78. The zero-order valence-corrected chi connectivity index (χ0v) is 12.6. The van der Waals surface area contributed by atoms with E-state index in [1.165, 1.54) is 12.1 Å². The lowest BCUT2D eigenvalue weighted by Gasteiger charge is -2.09. The summed E-state index contributed by atoms with van der Waals surface area (Å²) in [4.78, 5) is 0. The first kappa shape index (κ1) is 15.3. The number of aromatic nitrogens is 2. The summed E-state index contributed by atoms with van der Waals surface area (Å²) < 4.78 is 21.0. The Balaban J connectivity index is 2.20. The average molecular weight is 308 g/mol. The first-order valence-corrected chi connectivity index (χ1v) is 7.05. The van der Waals surface area contributed by atoms with Crippen LogP contribution >= 0.6 is 11.6 Å². The van der Waals surface area contributed by atoms with Crippen LogP contribution in [0.2, 0.25) is 5.02 Å². The van der Waals surface area contributed by atoms with Crippen LogP contribution in [0.3, 0.4) is 0 Å². The highest BCUT2D eigenvalue weighted by Crippen LogP contribution is 2.25. The van der Waals surface area contributed by atoms with Crippen molar-refractivity contribution < 1.29 is 9.13 Å². The first-order chi connectivity index (χ1) is 10.1. The maximum Gasteiger partial charge on any atom is 0.166 e. The Morgan fingerprint density at radius 1 is 1.43 bits per heavy atom. The zero-order valence-electron chi connectivity index (χ0n) is 11.9. The quantitative estimate of drug-likeness (QED) is 0.846. The Morgan fingerprint density at radius 3 is 2.76 bits per heavy atom. The van der Waals surface area contributed by atoms with Crippen LogP contribution in [-0.2, 0) is 19.6 Å². The van der Waals surface area contributed by atoms with Gasteiger partial charge in [0.05, 0.1) is 28.0 Å². The average Bonchev–Trinajstić information content (AvgIpc) is 2.81. The monoisotopic (exact) mass is 307 g/mol. The standard InChI is InChI=1S/C15H15ClFN3O/c1-3-12-15(16)13(20(4-2)19-12)9-21-14-6-5-10(8-18)7-11(14)17/h5-7H,3-4,9H2,1-2H3. The molecule has 0 amide bonds. The molecule has 0 saturated heterocycles. The van der Waals surface area contributed by atoms with Crippen LogP contribution in [0.1, 0.15) is 30.8 Å². The van der Waals surface area contributed by atoms with E-state index in [4.69, 9.17) is 21.6 Å². The van der Waals surface area contributed by atoms with Crippen LogP contribution < -0.4 is 4.74 Å². The van der Waals surface area contributed by atoms with Crippen molar-refractivity contribution in [2.75, 3.05) is 0 Å². The van der Waals surface area contributed by atoms with E-state index in [1.54, 1.807) is 4.68 Å². The van der Waals surface area contributed by atoms with E-state index in [-0.39, 0.29) is 17.9 Å². The molecule has 1 heterocycles. The Kier molecular flexibility index (Phi) is 4.81. The fourth-order valence-electron chi connectivity index (χ4n) is 1.99. The van der Waals surface area contributed by atoms with E-state index in [0.29, 0.717) is 11.6 Å². The van der Waals surface area contributed by atoms with Crippen LogP contribution in [0.4, 0.5) is 4.39 Å². The third kappa shape index (κ3) is 3.17. The van der Waals surface area contributed by atoms with Crippen molar-refractivity contribution in [3.63, 3.8) is 0 Å². The van der Waals surface area contributed by atoms with Crippen LogP contribution in [-0.4, -0.2) is 9.78 Å². The van der Waals surface area contributed by atoms with Gasteiger partial charge >= 0.3 is 0 Å². The van der Waals surface area contributed by atoms with Gasteiger partial charge in [0.1, 0.15) is 6.61 Å². The lowest BCUT2D eigenvalue weighted by molar-refractivity contribution is 0.278. The number of aryl methyl sites for hydroxylation is 2. The molecule has 0 N–H and O–H groups in total. The number of nitrogens with zero attached hydrogens (tertiary/aromatic N) is 3. The minimum absolute atomic E-state index is 0.0898. The van der Waals surface area contributed by atoms with Gasteiger partial charge < -0.3 is 4.74 Å². The second kappa shape index (κ2) is 6.59. The number of nitriles is 1. The van der Waals surface area contributed by atoms with E-state index < -0.39 is 5.82 Å². The zero-order chi connectivity index (χ0) is 15.4. The van der Waals surface area contributed by atoms with Crippen LogP contribution in [0, 0.1) is 17.1 Å². The molecule has 0 saturated carbocycles. The van der Waals surface area contributed by atoms with E-state index in [9.17, 15) is 4.39 Å². The van der Waals surface area contributed by atoms with Crippen molar-refractivity contribution in [3.8, 4) is 11.8 Å². The number of hydrogen-bond acceptors (Lipinski definition) is 3. The van der Waals surface area contributed by atoms with Gasteiger partial charge in [-0.25, -0.2) is 4.39 Å². The number of ether oxygens (including phenoxy) is 1. The minimum atomic E-state index is -0.566. The molecule has 21 heavy (non-hydrogen) atoms. The maximum absolute atomic E-state index is 13.8. The molecule has 0 aliphatic rings. The fourth-order valence-corrected chi connectivity index (χ4v) is 2.31. The van der Waals surface area contributed by atoms with Gasteiger partial charge in [-0.1, -0.05) is 18.5 Å². The molecule has 110 valence electrons. The highest BCUT2D eigenvalue weighted by molar-refractivity contribution is 6.31. The number of hydrogen-bond donors (Lipinski definition) is 0. The molecule has 0 unspecified atom stereocenters. The van der Waals surface area contributed by atoms with Gasteiger partial charge in [-0.05, 0) is 31.5 Å². The fraction of sp³-hybridized carbons (Fsp3) is 0.333. The molecule has 0 aliphatic heterocycles. The number of benzene rings is 1. The Morgan fingerprint density at radius 2 is 2.19 bits per heavy atom. The lowest BCUT2D eigenvalue weighted by atomic mass is 10.2. The molecule has 0 radical (unpaired) electrons. The van der Waals surface area contributed by atoms with Gasteiger partial charge in [0, 0.05) is 6.54 Å². The topological polar surface area (TPSA) is 50.8 Å². The first-order valence-electron chi connectivity index (χ1n) is 6.67. The SMILES string of the molecule is CCc1nn(CC)c(COc2ccc(C#N)cc2F)c1Cl. The number of rotatable bonds is 5. The van der Waals surface area contributed by atoms with Crippen molar-refractivity contribution in [1.29, 1.82) is 5.26 Å². The highest BCUT2D eigenvalue weighted by atomic mass is 35.5. The summed E-state index contributed by atoms with van der Waals surface area (Å²) in [6, 6.07) is 5.97. The lowest BCUT2D eigenvalue weighted by Crippen LogP contribution is -2.07. The molecule has 0 atom stereocenters. The summed E-state index contributed by atoms with van der Waals surface area (Å²) in [5.74, 6) is -0.476. The van der Waals surface area contributed by atoms with Crippen LogP contribution in [0.25, 0.3) is 0 Å². The van der Waals surface area contributed by atoms with Crippen LogP contribution in [0.5, 0.6) is 5.75 Å². The molecule has 6 heteroatoms. The summed E-state index contributed by atoms with van der Waals surface area (Å²) in [6.07, 6.45) is 0.726. The van der Waals surface area contributed by atoms with Crippen LogP contribution in [0.15, 0.2) is 18.2 Å². The van der Waals surface area contributed by atoms with Gasteiger partial charge in [-0.3, -0.25) is 4.68 Å². The van der Waals surface area contributed by atoms with Gasteiger partial charge in [-0.15, -0.1) is 0 Å². The molecule has 1 aromatic heterocycles. The number of halogens is 2. The van der Waals surface area contributed by atoms with E-state index >= 15 is 0 Å². The van der Waals surface area contributed by atoms with Crippen molar-refractivity contribution in [2.24, 2.45) is 0 Å². The minimum Gasteiger partial charge on any atom is -0.484 e. The molecular formula is C15H15ClFN3O. The van der Waals surface area contributed by atoms with E-state index in [0.717, 1.165) is 23.9 Å². The van der Waals surface area contributed by atoms with Crippen molar-refractivity contribution in [2.45, 2.75) is 33.4 Å². The molecule has 2 aromatic rings. The van der Waals surface area contributed by atoms with Gasteiger partial charge in [0.15, 0.2) is 11.6 Å². The summed E-state index contributed by atoms with van der Waals surface area (Å²) in [5, 5.41) is 13.6. The second-order valence-corrected chi connectivity index (χ2v) is 4.80. The summed E-state index contributed by atoms with van der Waals surface area (Å²) in [7, 11) is 0. The maximum atomic E-state index is 13.8. The second-order valence-electron chi connectivity index (χ2n) is 4.42. The smallest absolute Gasteiger partial charge is 0.166 e. The van der Waals surface area contributed by atoms with Crippen molar-refractivity contribution in [1.82, 2.24) is 9.78 Å². The molecular weight excluding hydrogens is 293 g/mol. The largest absolute Gasteiger partial charge is 0.484 e. The van der Waals surface area contributed by atoms with E-state index in [2.05, 4.69) is 5.10 Å². The predicted octanol–water partition coefficient (Wildman–Crippen LogP) is 3.71. The van der Waals surface area contributed by atoms with Gasteiger partial charge in [0.25, 0.3) is 0 Å². The molecule has 4 nitrogen and oxygen atoms in total. The Hall–Kier alpha value is -2.06. The van der Waals surface area contributed by atoms with Crippen molar-refractivity contribution >= 4 is 11.6 Å². The van der Waals surface area contributed by atoms with E-state index in [1.807, 2.05) is 19.9 Å². The molecule has 1 aromatic carbocycles. The summed E-state index contributed by atoms with van der Waals surface area (Å²) in [6.45, 7) is 4.71. The predicted molar refractivity (Wildman–Crippen MR) is 77.7 cm³/mol. The molecule has 0 bridgehead atoms. The normalized spacial score (nSPS) is 10.4. The highest BCUT2D eigenvalue weighted by Gasteiger charge is 2.15.